The molecule has 0 aliphatic rings. The number of aromatic nitrogens is 1. The molecule has 1 aromatic rings. The summed E-state index contributed by atoms with van der Waals surface area (Å²) in [7, 11) is 0. The third-order valence-electron chi connectivity index (χ3n) is 2.80. The molecule has 1 rings (SSSR count). The van der Waals surface area contributed by atoms with Crippen molar-refractivity contribution in [3.05, 3.63) is 36.0 Å². The molecule has 0 unspecified atom stereocenters. The van der Waals surface area contributed by atoms with E-state index in [0.29, 0.717) is 0 Å². The maximum Gasteiger partial charge on any atom is 0.129 e. The highest BCUT2D eigenvalue weighted by Crippen LogP contribution is 2.14. The van der Waals surface area contributed by atoms with Crippen LogP contribution in [0.25, 0.3) is 0 Å². The molecule has 0 amide bonds. The van der Waals surface area contributed by atoms with E-state index in [0.717, 1.165) is 31.0 Å². The first-order chi connectivity index (χ1) is 8.81. The molecular formula is C16H27N3. The molecule has 0 radical (unpaired) electrons. The van der Waals surface area contributed by atoms with Gasteiger partial charge in [0.15, 0.2) is 0 Å². The molecule has 19 heavy (non-hydrogen) atoms. The molecule has 1 heterocycles. The van der Waals surface area contributed by atoms with Gasteiger partial charge in [0.2, 0.25) is 0 Å². The predicted molar refractivity (Wildman–Crippen MR) is 83.5 cm³/mol. The van der Waals surface area contributed by atoms with Crippen molar-refractivity contribution in [3.8, 4) is 0 Å². The third kappa shape index (κ3) is 5.88. The number of likely N-dealkylation sites (N-methyl/N-ethyl adjacent to an activating group) is 1. The fourth-order valence-electron chi connectivity index (χ4n) is 1.79. The SMILES string of the molecule is C=C(C)CN(CC)c1cc(CNC(C)(C)C)ccn1. The highest BCUT2D eigenvalue weighted by molar-refractivity contribution is 5.42. The molecule has 3 nitrogen and oxygen atoms in total. The minimum Gasteiger partial charge on any atom is -0.353 e. The van der Waals surface area contributed by atoms with Crippen molar-refractivity contribution in [1.82, 2.24) is 10.3 Å². The number of anilines is 1. The van der Waals surface area contributed by atoms with Gasteiger partial charge in [-0.25, -0.2) is 4.98 Å². The molecule has 0 fully saturated rings. The van der Waals surface area contributed by atoms with Gasteiger partial charge in [0.1, 0.15) is 5.82 Å². The Labute approximate surface area is 117 Å². The van der Waals surface area contributed by atoms with Gasteiger partial charge >= 0.3 is 0 Å². The first-order valence-corrected chi connectivity index (χ1v) is 6.91. The lowest BCUT2D eigenvalue weighted by molar-refractivity contribution is 0.424. The van der Waals surface area contributed by atoms with Crippen LogP contribution in [-0.4, -0.2) is 23.6 Å². The van der Waals surface area contributed by atoms with Crippen LogP contribution < -0.4 is 10.2 Å². The molecule has 0 aliphatic heterocycles. The maximum absolute atomic E-state index is 4.47. The van der Waals surface area contributed by atoms with E-state index >= 15 is 0 Å². The van der Waals surface area contributed by atoms with Crippen molar-refractivity contribution in [1.29, 1.82) is 0 Å². The molecule has 0 spiro atoms. The summed E-state index contributed by atoms with van der Waals surface area (Å²) in [5.41, 5.74) is 2.55. The number of nitrogens with one attached hydrogen (secondary N) is 1. The Morgan fingerprint density at radius 2 is 2.11 bits per heavy atom. The Bertz CT molecular complexity index is 418. The minimum absolute atomic E-state index is 0.131. The molecule has 0 saturated heterocycles. The van der Waals surface area contributed by atoms with Crippen LogP contribution in [-0.2, 0) is 6.54 Å². The molecular weight excluding hydrogens is 234 g/mol. The van der Waals surface area contributed by atoms with Crippen molar-refractivity contribution in [2.75, 3.05) is 18.0 Å². The second kappa shape index (κ2) is 6.71. The number of hydrogen-bond donors (Lipinski definition) is 1. The standard InChI is InChI=1S/C16H27N3/c1-7-19(12-13(2)3)15-10-14(8-9-17-15)11-18-16(4,5)6/h8-10,18H,2,7,11-12H2,1,3-6H3. The number of hydrogen-bond acceptors (Lipinski definition) is 3. The molecule has 0 atom stereocenters. The van der Waals surface area contributed by atoms with Crippen LogP contribution in [0.5, 0.6) is 0 Å². The Hall–Kier alpha value is -1.35. The zero-order valence-electron chi connectivity index (χ0n) is 13.0. The number of nitrogens with zero attached hydrogens (tertiary/aromatic N) is 2. The summed E-state index contributed by atoms with van der Waals surface area (Å²) in [6, 6.07) is 4.22. The summed E-state index contributed by atoms with van der Waals surface area (Å²) in [6.45, 7) is 17.4. The van der Waals surface area contributed by atoms with Crippen LogP contribution >= 0.6 is 0 Å². The van der Waals surface area contributed by atoms with Crippen molar-refractivity contribution in [2.45, 2.75) is 46.7 Å². The van der Waals surface area contributed by atoms with Crippen LogP contribution in [0.15, 0.2) is 30.5 Å². The van der Waals surface area contributed by atoms with Crippen LogP contribution in [0.4, 0.5) is 5.82 Å². The lowest BCUT2D eigenvalue weighted by atomic mass is 10.1. The van der Waals surface area contributed by atoms with Gasteiger partial charge in [0, 0.05) is 31.4 Å². The lowest BCUT2D eigenvalue weighted by Crippen LogP contribution is -2.35. The highest BCUT2D eigenvalue weighted by Gasteiger charge is 2.10. The molecule has 1 aromatic heterocycles. The lowest BCUT2D eigenvalue weighted by Gasteiger charge is -2.24. The van der Waals surface area contributed by atoms with Crippen LogP contribution in [0, 0.1) is 0 Å². The second-order valence-corrected chi connectivity index (χ2v) is 6.10. The zero-order valence-corrected chi connectivity index (χ0v) is 13.0. The summed E-state index contributed by atoms with van der Waals surface area (Å²) < 4.78 is 0. The summed E-state index contributed by atoms with van der Waals surface area (Å²) in [5.74, 6) is 1.03. The molecule has 0 aromatic carbocycles. The topological polar surface area (TPSA) is 28.2 Å². The Kier molecular flexibility index (Phi) is 5.55. The first-order valence-electron chi connectivity index (χ1n) is 6.91. The van der Waals surface area contributed by atoms with E-state index in [4.69, 9.17) is 0 Å². The molecule has 106 valence electrons. The van der Waals surface area contributed by atoms with Gasteiger partial charge in [-0.3, -0.25) is 0 Å². The van der Waals surface area contributed by atoms with Gasteiger partial charge in [-0.05, 0) is 52.3 Å². The maximum atomic E-state index is 4.47. The third-order valence-corrected chi connectivity index (χ3v) is 2.80. The largest absolute Gasteiger partial charge is 0.353 e. The summed E-state index contributed by atoms with van der Waals surface area (Å²) in [4.78, 5) is 6.70. The number of rotatable bonds is 6. The van der Waals surface area contributed by atoms with E-state index in [9.17, 15) is 0 Å². The van der Waals surface area contributed by atoms with Crippen molar-refractivity contribution < 1.29 is 0 Å². The molecule has 1 N–H and O–H groups in total. The average molecular weight is 261 g/mol. The van der Waals surface area contributed by atoms with E-state index in [1.165, 1.54) is 5.56 Å². The van der Waals surface area contributed by atoms with E-state index in [-0.39, 0.29) is 5.54 Å². The summed E-state index contributed by atoms with van der Waals surface area (Å²) in [5, 5.41) is 3.50. The van der Waals surface area contributed by atoms with E-state index in [2.05, 4.69) is 61.6 Å². The van der Waals surface area contributed by atoms with E-state index in [1.807, 2.05) is 13.1 Å². The minimum atomic E-state index is 0.131. The average Bonchev–Trinajstić information content (AvgIpc) is 2.33. The van der Waals surface area contributed by atoms with Gasteiger partial charge in [-0.15, -0.1) is 0 Å². The van der Waals surface area contributed by atoms with E-state index < -0.39 is 0 Å². The fourth-order valence-corrected chi connectivity index (χ4v) is 1.79. The Morgan fingerprint density at radius 1 is 1.42 bits per heavy atom. The van der Waals surface area contributed by atoms with Crippen molar-refractivity contribution in [3.63, 3.8) is 0 Å². The van der Waals surface area contributed by atoms with Gasteiger partial charge in [0.25, 0.3) is 0 Å². The molecule has 0 bridgehead atoms. The zero-order chi connectivity index (χ0) is 14.5. The fraction of sp³-hybridized carbons (Fsp3) is 0.562. The van der Waals surface area contributed by atoms with Gasteiger partial charge in [-0.2, -0.15) is 0 Å². The first kappa shape index (κ1) is 15.7. The van der Waals surface area contributed by atoms with Crippen LogP contribution in [0.3, 0.4) is 0 Å². The summed E-state index contributed by atoms with van der Waals surface area (Å²) in [6.07, 6.45) is 1.89. The van der Waals surface area contributed by atoms with Crippen LogP contribution in [0.1, 0.15) is 40.2 Å². The normalized spacial score (nSPS) is 11.4. The molecule has 0 saturated carbocycles. The van der Waals surface area contributed by atoms with Crippen LogP contribution in [0.2, 0.25) is 0 Å². The smallest absolute Gasteiger partial charge is 0.129 e. The highest BCUT2D eigenvalue weighted by atomic mass is 15.2. The number of pyridine rings is 1. The van der Waals surface area contributed by atoms with Gasteiger partial charge < -0.3 is 10.2 Å². The quantitative estimate of drug-likeness (QED) is 0.796. The second-order valence-electron chi connectivity index (χ2n) is 6.10. The van der Waals surface area contributed by atoms with Crippen molar-refractivity contribution in [2.24, 2.45) is 0 Å². The Balaban J connectivity index is 2.77. The van der Waals surface area contributed by atoms with Gasteiger partial charge in [0.05, 0.1) is 0 Å². The molecule has 3 heteroatoms. The predicted octanol–water partition coefficient (Wildman–Crippen LogP) is 3.37. The van der Waals surface area contributed by atoms with Crippen molar-refractivity contribution >= 4 is 5.82 Å². The molecule has 0 aliphatic carbocycles. The van der Waals surface area contributed by atoms with Gasteiger partial charge in [-0.1, -0.05) is 12.2 Å². The summed E-state index contributed by atoms with van der Waals surface area (Å²) >= 11 is 0. The Morgan fingerprint density at radius 3 is 2.63 bits per heavy atom. The van der Waals surface area contributed by atoms with E-state index in [1.54, 1.807) is 0 Å². The monoisotopic (exact) mass is 261 g/mol.